The first-order valence-corrected chi connectivity index (χ1v) is 8.36. The molecule has 0 aromatic heterocycles. The van der Waals surface area contributed by atoms with Gasteiger partial charge in [0.1, 0.15) is 11.6 Å². The molecule has 2 fully saturated rings. The zero-order chi connectivity index (χ0) is 16.6. The largest absolute Gasteiger partial charge is 0.370 e. The number of nitrogens with one attached hydrogen (secondary N) is 1. The maximum atomic E-state index is 14.1. The Morgan fingerprint density at radius 1 is 1.30 bits per heavy atom. The summed E-state index contributed by atoms with van der Waals surface area (Å²) in [6, 6.07) is 3.41. The van der Waals surface area contributed by atoms with Gasteiger partial charge in [-0.2, -0.15) is 0 Å². The Kier molecular flexibility index (Phi) is 4.67. The molecule has 3 rings (SSSR count). The van der Waals surface area contributed by atoms with E-state index < -0.39 is 17.7 Å². The van der Waals surface area contributed by atoms with Gasteiger partial charge in [0.25, 0.3) is 0 Å². The molecule has 1 heterocycles. The predicted octanol–water partition coefficient (Wildman–Crippen LogP) is 3.74. The number of rotatable bonds is 3. The summed E-state index contributed by atoms with van der Waals surface area (Å²) in [7, 11) is 0. The van der Waals surface area contributed by atoms with E-state index in [0.717, 1.165) is 31.4 Å². The van der Waals surface area contributed by atoms with Crippen LogP contribution in [0.15, 0.2) is 18.2 Å². The molecule has 1 N–H and O–H groups in total. The fourth-order valence-electron chi connectivity index (χ4n) is 3.73. The first-order chi connectivity index (χ1) is 11.0. The molecule has 0 bridgehead atoms. The lowest BCUT2D eigenvalue weighted by Crippen LogP contribution is -2.49. The number of halogens is 2. The summed E-state index contributed by atoms with van der Waals surface area (Å²) in [5.74, 6) is -0.753. The van der Waals surface area contributed by atoms with E-state index in [9.17, 15) is 13.6 Å². The molecule has 1 aromatic rings. The van der Waals surface area contributed by atoms with Crippen molar-refractivity contribution in [1.29, 1.82) is 0 Å². The number of hydrogen-bond donors (Lipinski definition) is 1. The number of amides is 1. The van der Waals surface area contributed by atoms with Gasteiger partial charge in [-0.3, -0.25) is 4.79 Å². The van der Waals surface area contributed by atoms with Crippen molar-refractivity contribution < 1.29 is 18.3 Å². The summed E-state index contributed by atoms with van der Waals surface area (Å²) < 4.78 is 33.6. The van der Waals surface area contributed by atoms with Crippen LogP contribution in [-0.2, 0) is 9.53 Å². The maximum absolute atomic E-state index is 14.1. The van der Waals surface area contributed by atoms with Crippen molar-refractivity contribution in [2.75, 3.05) is 0 Å². The number of hydrogen-bond acceptors (Lipinski definition) is 2. The minimum Gasteiger partial charge on any atom is -0.370 e. The normalized spacial score (nSPS) is 30.3. The second kappa shape index (κ2) is 6.56. The molecule has 3 nitrogen and oxygen atoms in total. The summed E-state index contributed by atoms with van der Waals surface area (Å²) in [5.41, 5.74) is 0.249. The average Bonchev–Trinajstić information content (AvgIpc) is 2.98. The van der Waals surface area contributed by atoms with E-state index in [4.69, 9.17) is 4.74 Å². The maximum Gasteiger partial charge on any atom is 0.222 e. The van der Waals surface area contributed by atoms with Crippen LogP contribution >= 0.6 is 0 Å². The van der Waals surface area contributed by atoms with Crippen LogP contribution in [0, 0.1) is 23.5 Å². The molecule has 1 saturated carbocycles. The highest BCUT2D eigenvalue weighted by Gasteiger charge is 2.43. The fourth-order valence-corrected chi connectivity index (χ4v) is 3.73. The van der Waals surface area contributed by atoms with Crippen molar-refractivity contribution in [2.45, 2.75) is 57.8 Å². The third kappa shape index (κ3) is 3.39. The molecule has 1 aliphatic heterocycles. The SMILES string of the molecule is CC(C)C(=O)N[C@@H]1C[C@H](c2cc(F)ccc2F)O[C@@H]2CCC[C@@H]12. The van der Waals surface area contributed by atoms with Crippen LogP contribution in [0.25, 0.3) is 0 Å². The second-order valence-corrected chi connectivity index (χ2v) is 6.93. The molecule has 2 aliphatic rings. The molecule has 126 valence electrons. The van der Waals surface area contributed by atoms with E-state index in [1.54, 1.807) is 0 Å². The standard InChI is InChI=1S/C18H23F2NO2/c1-10(2)18(22)21-15-9-17(23-16-5-3-4-12(15)16)13-8-11(19)6-7-14(13)20/h6-8,10,12,15-17H,3-5,9H2,1-2H3,(H,21,22)/t12-,15+,16+,17+/m0/s1. The molecular formula is C18H23F2NO2. The van der Waals surface area contributed by atoms with E-state index in [2.05, 4.69) is 5.32 Å². The van der Waals surface area contributed by atoms with Crippen LogP contribution in [-0.4, -0.2) is 18.1 Å². The summed E-state index contributed by atoms with van der Waals surface area (Å²) in [5, 5.41) is 3.09. The number of ether oxygens (including phenoxy) is 1. The highest BCUT2D eigenvalue weighted by Crippen LogP contribution is 2.43. The molecule has 1 aromatic carbocycles. The monoisotopic (exact) mass is 323 g/mol. The third-order valence-corrected chi connectivity index (χ3v) is 4.98. The number of fused-ring (bicyclic) bond motifs is 1. The highest BCUT2D eigenvalue weighted by molar-refractivity contribution is 5.78. The van der Waals surface area contributed by atoms with Gasteiger partial charge in [0.2, 0.25) is 5.91 Å². The van der Waals surface area contributed by atoms with Crippen molar-refractivity contribution in [3.63, 3.8) is 0 Å². The van der Waals surface area contributed by atoms with Gasteiger partial charge in [-0.05, 0) is 37.5 Å². The third-order valence-electron chi connectivity index (χ3n) is 4.98. The van der Waals surface area contributed by atoms with E-state index >= 15 is 0 Å². The molecule has 1 saturated heterocycles. The van der Waals surface area contributed by atoms with Gasteiger partial charge >= 0.3 is 0 Å². The highest BCUT2D eigenvalue weighted by atomic mass is 19.1. The van der Waals surface area contributed by atoms with Crippen molar-refractivity contribution in [2.24, 2.45) is 11.8 Å². The number of benzene rings is 1. The van der Waals surface area contributed by atoms with Gasteiger partial charge in [0.05, 0.1) is 12.2 Å². The lowest BCUT2D eigenvalue weighted by Gasteiger charge is -2.39. The van der Waals surface area contributed by atoms with E-state index in [-0.39, 0.29) is 35.5 Å². The fraction of sp³-hybridized carbons (Fsp3) is 0.611. The summed E-state index contributed by atoms with van der Waals surface area (Å²) in [6.45, 7) is 3.70. The quantitative estimate of drug-likeness (QED) is 0.920. The van der Waals surface area contributed by atoms with Crippen molar-refractivity contribution in [3.8, 4) is 0 Å². The lowest BCUT2D eigenvalue weighted by molar-refractivity contribution is -0.129. The van der Waals surface area contributed by atoms with Crippen LogP contribution in [0.2, 0.25) is 0 Å². The second-order valence-electron chi connectivity index (χ2n) is 6.93. The Balaban J connectivity index is 1.83. The lowest BCUT2D eigenvalue weighted by atomic mass is 9.85. The minimum atomic E-state index is -0.512. The van der Waals surface area contributed by atoms with Crippen LogP contribution in [0.1, 0.15) is 51.2 Å². The molecule has 1 amide bonds. The van der Waals surface area contributed by atoms with E-state index in [1.807, 2.05) is 13.8 Å². The van der Waals surface area contributed by atoms with Gasteiger partial charge in [-0.15, -0.1) is 0 Å². The Labute approximate surface area is 135 Å². The van der Waals surface area contributed by atoms with Crippen molar-refractivity contribution in [1.82, 2.24) is 5.32 Å². The molecule has 0 unspecified atom stereocenters. The Bertz CT molecular complexity index is 590. The van der Waals surface area contributed by atoms with Crippen molar-refractivity contribution >= 4 is 5.91 Å². The van der Waals surface area contributed by atoms with Crippen LogP contribution in [0.5, 0.6) is 0 Å². The Morgan fingerprint density at radius 2 is 2.09 bits per heavy atom. The summed E-state index contributed by atoms with van der Waals surface area (Å²) in [4.78, 5) is 12.1. The first-order valence-electron chi connectivity index (χ1n) is 8.36. The predicted molar refractivity (Wildman–Crippen MR) is 82.7 cm³/mol. The minimum absolute atomic E-state index is 0.000939. The van der Waals surface area contributed by atoms with E-state index in [1.165, 1.54) is 6.07 Å². The van der Waals surface area contributed by atoms with E-state index in [0.29, 0.717) is 6.42 Å². The molecule has 1 aliphatic carbocycles. The first kappa shape index (κ1) is 16.4. The zero-order valence-electron chi connectivity index (χ0n) is 13.5. The zero-order valence-corrected chi connectivity index (χ0v) is 13.5. The van der Waals surface area contributed by atoms with Crippen molar-refractivity contribution in [3.05, 3.63) is 35.4 Å². The molecule has 4 atom stereocenters. The Morgan fingerprint density at radius 3 is 2.83 bits per heavy atom. The van der Waals surface area contributed by atoms with Gasteiger partial charge < -0.3 is 10.1 Å². The molecular weight excluding hydrogens is 300 g/mol. The van der Waals surface area contributed by atoms with Gasteiger partial charge in [-0.25, -0.2) is 8.78 Å². The smallest absolute Gasteiger partial charge is 0.222 e. The number of carbonyl (C=O) groups excluding carboxylic acids is 1. The molecule has 0 radical (unpaired) electrons. The van der Waals surface area contributed by atoms with Gasteiger partial charge in [-0.1, -0.05) is 20.3 Å². The van der Waals surface area contributed by atoms with Gasteiger partial charge in [0, 0.05) is 23.4 Å². The molecule has 0 spiro atoms. The average molecular weight is 323 g/mol. The van der Waals surface area contributed by atoms with Crippen LogP contribution in [0.3, 0.4) is 0 Å². The summed E-state index contributed by atoms with van der Waals surface area (Å²) in [6.07, 6.45) is 2.94. The molecule has 23 heavy (non-hydrogen) atoms. The summed E-state index contributed by atoms with van der Waals surface area (Å²) >= 11 is 0. The molecule has 5 heteroatoms. The van der Waals surface area contributed by atoms with Crippen LogP contribution < -0.4 is 5.32 Å². The topological polar surface area (TPSA) is 38.3 Å². The van der Waals surface area contributed by atoms with Crippen LogP contribution in [0.4, 0.5) is 8.78 Å². The Hall–Kier alpha value is -1.49. The van der Waals surface area contributed by atoms with Gasteiger partial charge in [0.15, 0.2) is 0 Å². The number of carbonyl (C=O) groups is 1.